The van der Waals surface area contributed by atoms with E-state index in [4.69, 9.17) is 0 Å². The number of rotatable bonds is 6. The lowest BCUT2D eigenvalue weighted by molar-refractivity contribution is 0.0695. The average Bonchev–Trinajstić information content (AvgIpc) is 2.63. The van der Waals surface area contributed by atoms with Crippen LogP contribution in [-0.4, -0.2) is 22.2 Å². The SMILES string of the molecule is O=C(O)c1ccc(Cc2ccccc2)c(C(=O)O)c1Cc1ccccc1. The normalized spacial score (nSPS) is 10.5. The highest BCUT2D eigenvalue weighted by Gasteiger charge is 2.22. The van der Waals surface area contributed by atoms with Crippen LogP contribution in [0.25, 0.3) is 0 Å². The van der Waals surface area contributed by atoms with Crippen LogP contribution in [0.3, 0.4) is 0 Å². The summed E-state index contributed by atoms with van der Waals surface area (Å²) >= 11 is 0. The van der Waals surface area contributed by atoms with Crippen LogP contribution in [0.4, 0.5) is 0 Å². The van der Waals surface area contributed by atoms with E-state index in [1.807, 2.05) is 60.7 Å². The van der Waals surface area contributed by atoms with Crippen LogP contribution in [0.2, 0.25) is 0 Å². The molecular formula is C22H18O4. The van der Waals surface area contributed by atoms with Gasteiger partial charge in [0, 0.05) is 0 Å². The van der Waals surface area contributed by atoms with Crippen molar-refractivity contribution in [2.75, 3.05) is 0 Å². The first-order valence-electron chi connectivity index (χ1n) is 8.25. The summed E-state index contributed by atoms with van der Waals surface area (Å²) in [5.74, 6) is -2.23. The summed E-state index contributed by atoms with van der Waals surface area (Å²) in [6.45, 7) is 0. The molecule has 0 unspecified atom stereocenters. The van der Waals surface area contributed by atoms with E-state index in [9.17, 15) is 19.8 Å². The quantitative estimate of drug-likeness (QED) is 0.699. The molecule has 0 bridgehead atoms. The van der Waals surface area contributed by atoms with Gasteiger partial charge in [0.05, 0.1) is 11.1 Å². The van der Waals surface area contributed by atoms with E-state index in [-0.39, 0.29) is 17.5 Å². The molecule has 0 atom stereocenters. The summed E-state index contributed by atoms with van der Waals surface area (Å²) in [5.41, 5.74) is 2.91. The zero-order valence-electron chi connectivity index (χ0n) is 14.1. The van der Waals surface area contributed by atoms with Crippen LogP contribution in [0.5, 0.6) is 0 Å². The maximum absolute atomic E-state index is 12.0. The van der Waals surface area contributed by atoms with Crippen molar-refractivity contribution >= 4 is 11.9 Å². The summed E-state index contributed by atoms with van der Waals surface area (Å²) in [4.78, 5) is 23.7. The van der Waals surface area contributed by atoms with E-state index in [1.54, 1.807) is 6.07 Å². The van der Waals surface area contributed by atoms with Gasteiger partial charge < -0.3 is 10.2 Å². The number of benzene rings is 3. The highest BCUT2D eigenvalue weighted by atomic mass is 16.4. The molecular weight excluding hydrogens is 328 g/mol. The molecule has 0 aliphatic heterocycles. The third kappa shape index (κ3) is 3.81. The van der Waals surface area contributed by atoms with Crippen molar-refractivity contribution < 1.29 is 19.8 Å². The predicted octanol–water partition coefficient (Wildman–Crippen LogP) is 4.26. The Labute approximate surface area is 151 Å². The van der Waals surface area contributed by atoms with Gasteiger partial charge in [-0.05, 0) is 41.2 Å². The van der Waals surface area contributed by atoms with Gasteiger partial charge in [-0.25, -0.2) is 9.59 Å². The highest BCUT2D eigenvalue weighted by molar-refractivity contribution is 5.98. The maximum Gasteiger partial charge on any atom is 0.336 e. The first-order valence-corrected chi connectivity index (χ1v) is 8.25. The summed E-state index contributed by atoms with van der Waals surface area (Å²) in [6.07, 6.45) is 0.691. The van der Waals surface area contributed by atoms with E-state index in [0.29, 0.717) is 17.5 Å². The molecule has 130 valence electrons. The molecule has 0 heterocycles. The number of carboxylic acids is 2. The fourth-order valence-corrected chi connectivity index (χ4v) is 3.11. The minimum absolute atomic E-state index is 0.0306. The standard InChI is InChI=1S/C22H18O4/c23-21(24)18-12-11-17(13-15-7-3-1-4-8-15)20(22(25)26)19(18)14-16-9-5-2-6-10-16/h1-12H,13-14H2,(H,23,24)(H,25,26). The van der Waals surface area contributed by atoms with Crippen molar-refractivity contribution in [2.24, 2.45) is 0 Å². The Kier molecular flexibility index (Phi) is 5.13. The molecule has 4 nitrogen and oxygen atoms in total. The lowest BCUT2D eigenvalue weighted by Crippen LogP contribution is -2.14. The second kappa shape index (κ2) is 7.66. The molecule has 0 amide bonds. The molecule has 0 aromatic heterocycles. The summed E-state index contributed by atoms with van der Waals surface area (Å²) < 4.78 is 0. The first-order chi connectivity index (χ1) is 12.6. The Balaban J connectivity index is 2.13. The molecule has 0 radical (unpaired) electrons. The van der Waals surface area contributed by atoms with E-state index >= 15 is 0 Å². The Morgan fingerprint density at radius 2 is 1.19 bits per heavy atom. The van der Waals surface area contributed by atoms with E-state index in [1.165, 1.54) is 6.07 Å². The molecule has 3 aromatic carbocycles. The number of hydrogen-bond acceptors (Lipinski definition) is 2. The van der Waals surface area contributed by atoms with Crippen LogP contribution in [0, 0.1) is 0 Å². The Bertz CT molecular complexity index is 931. The molecule has 0 fully saturated rings. The highest BCUT2D eigenvalue weighted by Crippen LogP contribution is 2.25. The minimum atomic E-state index is -1.12. The van der Waals surface area contributed by atoms with Crippen LogP contribution in [0.1, 0.15) is 43.0 Å². The van der Waals surface area contributed by atoms with Crippen LogP contribution < -0.4 is 0 Å². The lowest BCUT2D eigenvalue weighted by Gasteiger charge is -2.15. The van der Waals surface area contributed by atoms with Crippen molar-refractivity contribution in [3.05, 3.63) is 106 Å². The number of carboxylic acid groups (broad SMARTS) is 2. The van der Waals surface area contributed by atoms with Gasteiger partial charge in [0.15, 0.2) is 0 Å². The smallest absolute Gasteiger partial charge is 0.336 e. The second-order valence-electron chi connectivity index (χ2n) is 6.06. The van der Waals surface area contributed by atoms with Gasteiger partial charge in [0.2, 0.25) is 0 Å². The van der Waals surface area contributed by atoms with Crippen molar-refractivity contribution in [3.63, 3.8) is 0 Å². The Hall–Kier alpha value is -3.40. The first kappa shape index (κ1) is 17.4. The average molecular weight is 346 g/mol. The molecule has 0 saturated carbocycles. The van der Waals surface area contributed by atoms with Crippen molar-refractivity contribution in [2.45, 2.75) is 12.8 Å². The Morgan fingerprint density at radius 1 is 0.654 bits per heavy atom. The van der Waals surface area contributed by atoms with Gasteiger partial charge in [-0.2, -0.15) is 0 Å². The number of carbonyl (C=O) groups is 2. The van der Waals surface area contributed by atoms with Gasteiger partial charge in [0.25, 0.3) is 0 Å². The van der Waals surface area contributed by atoms with E-state index in [0.717, 1.165) is 11.1 Å². The van der Waals surface area contributed by atoms with Gasteiger partial charge in [-0.1, -0.05) is 66.7 Å². The third-order valence-electron chi connectivity index (χ3n) is 4.30. The lowest BCUT2D eigenvalue weighted by atomic mass is 9.89. The zero-order chi connectivity index (χ0) is 18.5. The van der Waals surface area contributed by atoms with E-state index in [2.05, 4.69) is 0 Å². The van der Waals surface area contributed by atoms with Gasteiger partial charge >= 0.3 is 11.9 Å². The zero-order valence-corrected chi connectivity index (χ0v) is 14.1. The number of hydrogen-bond donors (Lipinski definition) is 2. The predicted molar refractivity (Wildman–Crippen MR) is 98.9 cm³/mol. The molecule has 26 heavy (non-hydrogen) atoms. The summed E-state index contributed by atoms with van der Waals surface area (Å²) in [5, 5.41) is 19.4. The van der Waals surface area contributed by atoms with Gasteiger partial charge in [0.1, 0.15) is 0 Å². The van der Waals surface area contributed by atoms with Crippen LogP contribution in [-0.2, 0) is 12.8 Å². The molecule has 3 aromatic rings. The molecule has 2 N–H and O–H groups in total. The van der Waals surface area contributed by atoms with Gasteiger partial charge in [-0.15, -0.1) is 0 Å². The molecule has 0 aliphatic carbocycles. The largest absolute Gasteiger partial charge is 0.478 e. The fraction of sp³-hybridized carbons (Fsp3) is 0.0909. The molecule has 0 spiro atoms. The van der Waals surface area contributed by atoms with Crippen LogP contribution >= 0.6 is 0 Å². The monoisotopic (exact) mass is 346 g/mol. The topological polar surface area (TPSA) is 74.6 Å². The summed E-state index contributed by atoms with van der Waals surface area (Å²) in [7, 11) is 0. The van der Waals surface area contributed by atoms with Crippen LogP contribution in [0.15, 0.2) is 72.8 Å². The Morgan fingerprint density at radius 3 is 1.69 bits per heavy atom. The molecule has 4 heteroatoms. The third-order valence-corrected chi connectivity index (χ3v) is 4.30. The number of aromatic carboxylic acids is 2. The molecule has 0 saturated heterocycles. The van der Waals surface area contributed by atoms with Crippen molar-refractivity contribution in [1.82, 2.24) is 0 Å². The maximum atomic E-state index is 12.0. The van der Waals surface area contributed by atoms with E-state index < -0.39 is 11.9 Å². The molecule has 0 aliphatic rings. The fourth-order valence-electron chi connectivity index (χ4n) is 3.11. The van der Waals surface area contributed by atoms with Crippen molar-refractivity contribution in [3.8, 4) is 0 Å². The van der Waals surface area contributed by atoms with Gasteiger partial charge in [-0.3, -0.25) is 0 Å². The summed E-state index contributed by atoms with van der Waals surface area (Å²) in [6, 6.07) is 21.9. The van der Waals surface area contributed by atoms with Crippen molar-refractivity contribution in [1.29, 1.82) is 0 Å². The second-order valence-corrected chi connectivity index (χ2v) is 6.06. The molecule has 3 rings (SSSR count). The minimum Gasteiger partial charge on any atom is -0.478 e.